The zero-order valence-electron chi connectivity index (χ0n) is 10.5. The van der Waals surface area contributed by atoms with E-state index >= 15 is 0 Å². The van der Waals surface area contributed by atoms with Crippen LogP contribution in [-0.2, 0) is 9.53 Å². The summed E-state index contributed by atoms with van der Waals surface area (Å²) >= 11 is 0. The van der Waals surface area contributed by atoms with Gasteiger partial charge in [-0.2, -0.15) is 0 Å². The molecule has 1 rings (SSSR count). The fourth-order valence-corrected chi connectivity index (χ4v) is 1.44. The lowest BCUT2D eigenvalue weighted by molar-refractivity contribution is -0.139. The fraction of sp³-hybridized carbons (Fsp3) is 0.385. The van der Waals surface area contributed by atoms with E-state index in [4.69, 9.17) is 9.84 Å². The summed E-state index contributed by atoms with van der Waals surface area (Å²) in [5.74, 6) is -1.45. The predicted molar refractivity (Wildman–Crippen MR) is 66.6 cm³/mol. The number of hydrogen-bond donors (Lipinski definition) is 2. The van der Waals surface area contributed by atoms with Gasteiger partial charge in [0.15, 0.2) is 0 Å². The third-order valence-corrected chi connectivity index (χ3v) is 2.53. The second-order valence-corrected chi connectivity index (χ2v) is 4.01. The zero-order chi connectivity index (χ0) is 13.5. The van der Waals surface area contributed by atoms with Crippen LogP contribution in [0.25, 0.3) is 0 Å². The Hall–Kier alpha value is -1.88. The molecule has 5 nitrogen and oxygen atoms in total. The standard InChI is InChI=1S/C13H17NO4/c1-9-3-5-10(6-4-9)12(15)14-11(13(16)17)7-8-18-2/h3-6,11H,7-8H2,1-2H3,(H,14,15)(H,16,17). The highest BCUT2D eigenvalue weighted by molar-refractivity contribution is 5.96. The Morgan fingerprint density at radius 2 is 1.94 bits per heavy atom. The number of rotatable bonds is 6. The summed E-state index contributed by atoms with van der Waals surface area (Å²) in [6.07, 6.45) is 0.240. The number of carbonyl (C=O) groups excluding carboxylic acids is 1. The molecule has 2 N–H and O–H groups in total. The van der Waals surface area contributed by atoms with Crippen molar-refractivity contribution in [1.82, 2.24) is 5.32 Å². The van der Waals surface area contributed by atoms with Crippen molar-refractivity contribution in [3.8, 4) is 0 Å². The highest BCUT2D eigenvalue weighted by Crippen LogP contribution is 2.04. The Morgan fingerprint density at radius 1 is 1.33 bits per heavy atom. The number of methoxy groups -OCH3 is 1. The van der Waals surface area contributed by atoms with E-state index < -0.39 is 17.9 Å². The van der Waals surface area contributed by atoms with Gasteiger partial charge >= 0.3 is 5.97 Å². The van der Waals surface area contributed by atoms with Crippen molar-refractivity contribution in [1.29, 1.82) is 0 Å². The van der Waals surface area contributed by atoms with Crippen molar-refractivity contribution in [3.63, 3.8) is 0 Å². The molecule has 1 atom stereocenters. The molecule has 0 radical (unpaired) electrons. The summed E-state index contributed by atoms with van der Waals surface area (Å²) in [4.78, 5) is 22.8. The molecule has 1 unspecified atom stereocenters. The highest BCUT2D eigenvalue weighted by Gasteiger charge is 2.20. The van der Waals surface area contributed by atoms with Gasteiger partial charge in [0.1, 0.15) is 6.04 Å². The van der Waals surface area contributed by atoms with Crippen LogP contribution in [0.4, 0.5) is 0 Å². The van der Waals surface area contributed by atoms with Crippen LogP contribution in [0.5, 0.6) is 0 Å². The first-order valence-electron chi connectivity index (χ1n) is 5.64. The van der Waals surface area contributed by atoms with E-state index in [1.165, 1.54) is 7.11 Å². The van der Waals surface area contributed by atoms with Crippen molar-refractivity contribution in [3.05, 3.63) is 35.4 Å². The Labute approximate surface area is 106 Å². The van der Waals surface area contributed by atoms with Gasteiger partial charge in [-0.15, -0.1) is 0 Å². The molecule has 18 heavy (non-hydrogen) atoms. The van der Waals surface area contributed by atoms with Gasteiger partial charge < -0.3 is 15.2 Å². The average Bonchev–Trinajstić information content (AvgIpc) is 2.34. The largest absolute Gasteiger partial charge is 0.480 e. The molecule has 1 amide bonds. The van der Waals surface area contributed by atoms with Crippen LogP contribution in [0.2, 0.25) is 0 Å². The van der Waals surface area contributed by atoms with Gasteiger partial charge in [0.25, 0.3) is 5.91 Å². The second-order valence-electron chi connectivity index (χ2n) is 4.01. The molecule has 0 aliphatic heterocycles. The first kappa shape index (κ1) is 14.2. The molecule has 0 aromatic heterocycles. The fourth-order valence-electron chi connectivity index (χ4n) is 1.44. The molecule has 0 saturated carbocycles. The number of carboxylic acid groups (broad SMARTS) is 1. The van der Waals surface area contributed by atoms with Crippen LogP contribution in [-0.4, -0.2) is 36.7 Å². The minimum atomic E-state index is -1.06. The van der Waals surface area contributed by atoms with E-state index in [0.717, 1.165) is 5.56 Å². The molecule has 0 heterocycles. The van der Waals surface area contributed by atoms with Gasteiger partial charge in [0.2, 0.25) is 0 Å². The number of ether oxygens (including phenoxy) is 1. The third kappa shape index (κ3) is 4.18. The molecule has 0 fully saturated rings. The number of hydrogen-bond acceptors (Lipinski definition) is 3. The summed E-state index contributed by atoms with van der Waals surface area (Å²) in [7, 11) is 1.49. The number of benzene rings is 1. The number of carbonyl (C=O) groups is 2. The minimum absolute atomic E-state index is 0.240. The van der Waals surface area contributed by atoms with E-state index in [2.05, 4.69) is 5.32 Å². The molecular formula is C13H17NO4. The van der Waals surface area contributed by atoms with Crippen molar-refractivity contribution in [2.45, 2.75) is 19.4 Å². The number of aryl methyl sites for hydroxylation is 1. The molecule has 1 aromatic rings. The Bertz CT molecular complexity index is 414. The second kappa shape index (κ2) is 6.76. The SMILES string of the molecule is COCCC(NC(=O)c1ccc(C)cc1)C(=O)O. The van der Waals surface area contributed by atoms with Crippen LogP contribution >= 0.6 is 0 Å². The predicted octanol–water partition coefficient (Wildman–Crippen LogP) is 1.21. The van der Waals surface area contributed by atoms with E-state index in [-0.39, 0.29) is 13.0 Å². The summed E-state index contributed by atoms with van der Waals surface area (Å²) < 4.78 is 4.81. The number of amides is 1. The molecule has 98 valence electrons. The smallest absolute Gasteiger partial charge is 0.326 e. The number of carboxylic acids is 1. The van der Waals surface area contributed by atoms with Gasteiger partial charge in [-0.3, -0.25) is 4.79 Å². The molecule has 0 aliphatic rings. The van der Waals surface area contributed by atoms with E-state index in [1.807, 2.05) is 6.92 Å². The molecule has 5 heteroatoms. The maximum absolute atomic E-state index is 11.8. The van der Waals surface area contributed by atoms with Crippen LogP contribution in [0.15, 0.2) is 24.3 Å². The summed E-state index contributed by atoms with van der Waals surface area (Å²) in [5.41, 5.74) is 1.49. The average molecular weight is 251 g/mol. The van der Waals surface area contributed by atoms with Gasteiger partial charge in [-0.05, 0) is 19.1 Å². The first-order valence-corrected chi connectivity index (χ1v) is 5.64. The maximum Gasteiger partial charge on any atom is 0.326 e. The topological polar surface area (TPSA) is 75.6 Å². The van der Waals surface area contributed by atoms with E-state index in [1.54, 1.807) is 24.3 Å². The molecular weight excluding hydrogens is 234 g/mol. The van der Waals surface area contributed by atoms with Crippen molar-refractivity contribution < 1.29 is 19.4 Å². The van der Waals surface area contributed by atoms with Crippen LogP contribution in [0.3, 0.4) is 0 Å². The quantitative estimate of drug-likeness (QED) is 0.797. The molecule has 0 bridgehead atoms. The molecule has 0 aliphatic carbocycles. The van der Waals surface area contributed by atoms with Crippen molar-refractivity contribution >= 4 is 11.9 Å². The Kier molecular flexibility index (Phi) is 5.32. The lowest BCUT2D eigenvalue weighted by Crippen LogP contribution is -2.41. The van der Waals surface area contributed by atoms with Gasteiger partial charge in [-0.1, -0.05) is 17.7 Å². The van der Waals surface area contributed by atoms with E-state index in [0.29, 0.717) is 5.56 Å². The molecule has 0 spiro atoms. The van der Waals surface area contributed by atoms with Crippen LogP contribution in [0.1, 0.15) is 22.3 Å². The summed E-state index contributed by atoms with van der Waals surface area (Å²) in [6, 6.07) is 6.01. The van der Waals surface area contributed by atoms with Gasteiger partial charge in [0, 0.05) is 25.7 Å². The number of nitrogens with one attached hydrogen (secondary N) is 1. The maximum atomic E-state index is 11.8. The van der Waals surface area contributed by atoms with Crippen molar-refractivity contribution in [2.75, 3.05) is 13.7 Å². The normalized spacial score (nSPS) is 11.9. The Morgan fingerprint density at radius 3 is 2.44 bits per heavy atom. The lowest BCUT2D eigenvalue weighted by Gasteiger charge is -2.14. The lowest BCUT2D eigenvalue weighted by atomic mass is 10.1. The monoisotopic (exact) mass is 251 g/mol. The zero-order valence-corrected chi connectivity index (χ0v) is 10.5. The molecule has 1 aromatic carbocycles. The summed E-state index contributed by atoms with van der Waals surface area (Å²) in [6.45, 7) is 2.20. The highest BCUT2D eigenvalue weighted by atomic mass is 16.5. The number of aliphatic carboxylic acids is 1. The molecule has 0 saturated heterocycles. The van der Waals surface area contributed by atoms with E-state index in [9.17, 15) is 9.59 Å². The minimum Gasteiger partial charge on any atom is -0.480 e. The Balaban J connectivity index is 2.66. The third-order valence-electron chi connectivity index (χ3n) is 2.53. The van der Waals surface area contributed by atoms with Crippen LogP contribution in [0, 0.1) is 6.92 Å². The van der Waals surface area contributed by atoms with Crippen molar-refractivity contribution in [2.24, 2.45) is 0 Å². The van der Waals surface area contributed by atoms with Crippen LogP contribution < -0.4 is 5.32 Å². The summed E-state index contributed by atoms with van der Waals surface area (Å²) in [5, 5.41) is 11.4. The first-order chi connectivity index (χ1) is 8.54. The van der Waals surface area contributed by atoms with Gasteiger partial charge in [-0.25, -0.2) is 4.79 Å². The van der Waals surface area contributed by atoms with Gasteiger partial charge in [0.05, 0.1) is 0 Å².